The lowest BCUT2D eigenvalue weighted by atomic mass is 9.99. The topological polar surface area (TPSA) is 173 Å². The summed E-state index contributed by atoms with van der Waals surface area (Å²) >= 11 is 0. The number of aliphatic hydroxyl groups is 1. The van der Waals surface area contributed by atoms with E-state index in [1.54, 1.807) is 30.3 Å². The van der Waals surface area contributed by atoms with Gasteiger partial charge in [-0.3, -0.25) is 13.9 Å². The minimum Gasteiger partial charge on any atom is -0.461 e. The second-order valence-corrected chi connectivity index (χ2v) is 14.0. The summed E-state index contributed by atoms with van der Waals surface area (Å²) < 4.78 is 53.3. The van der Waals surface area contributed by atoms with E-state index in [1.807, 2.05) is 0 Å². The first kappa shape index (κ1) is 38.2. The summed E-state index contributed by atoms with van der Waals surface area (Å²) in [7, 11) is -4.37. The summed E-state index contributed by atoms with van der Waals surface area (Å²) in [5.41, 5.74) is 4.16. The minimum absolute atomic E-state index is 0.0389. The molecule has 1 aromatic carbocycles. The average molecular weight is 703 g/mol. The second-order valence-electron chi connectivity index (χ2n) is 12.3. The predicted molar refractivity (Wildman–Crippen MR) is 183 cm³/mol. The van der Waals surface area contributed by atoms with Crippen molar-refractivity contribution in [2.45, 2.75) is 121 Å². The summed E-state index contributed by atoms with van der Waals surface area (Å²) in [5.74, 6) is 1.87. The molecule has 268 valence electrons. The van der Waals surface area contributed by atoms with E-state index in [2.05, 4.69) is 39.8 Å². The molecule has 3 heterocycles. The van der Waals surface area contributed by atoms with Gasteiger partial charge in [-0.05, 0) is 44.7 Å². The number of ether oxygens (including phenoxy) is 2. The molecule has 0 bridgehead atoms. The first-order valence-electron chi connectivity index (χ1n) is 17.0. The van der Waals surface area contributed by atoms with E-state index in [-0.39, 0.29) is 35.3 Å². The van der Waals surface area contributed by atoms with Crippen LogP contribution < -0.4 is 15.3 Å². The summed E-state index contributed by atoms with van der Waals surface area (Å²) in [6.45, 7) is 5.21. The molecule has 0 unspecified atom stereocenters. The molecule has 15 heteroatoms. The average Bonchev–Trinajstić information content (AvgIpc) is 3.65. The third-order valence-corrected chi connectivity index (χ3v) is 10.1. The number of nitrogens with zero attached hydrogens (tertiary/aromatic N) is 4. The Morgan fingerprint density at radius 1 is 1.18 bits per heavy atom. The number of benzene rings is 1. The number of terminal acetylenes is 1. The molecule has 0 spiro atoms. The van der Waals surface area contributed by atoms with Crippen molar-refractivity contribution in [2.75, 3.05) is 12.3 Å². The summed E-state index contributed by atoms with van der Waals surface area (Å²) in [4.78, 5) is 24.7. The van der Waals surface area contributed by atoms with Crippen LogP contribution in [0, 0.1) is 18.4 Å². The van der Waals surface area contributed by atoms with E-state index in [9.17, 15) is 18.9 Å². The Hall–Kier alpha value is -3.60. The van der Waals surface area contributed by atoms with Gasteiger partial charge in [-0.15, -0.1) is 6.42 Å². The first-order chi connectivity index (χ1) is 23.5. The molecule has 3 aromatic rings. The molecule has 13 nitrogen and oxygen atoms in total. The zero-order chi connectivity index (χ0) is 35.4. The number of nitrogens with one attached hydrogen (secondary N) is 1. The fourth-order valence-electron chi connectivity index (χ4n) is 5.65. The molecule has 49 heavy (non-hydrogen) atoms. The van der Waals surface area contributed by atoms with Gasteiger partial charge in [0.1, 0.15) is 36.8 Å². The molecule has 4 rings (SSSR count). The third kappa shape index (κ3) is 10.2. The van der Waals surface area contributed by atoms with Crippen molar-refractivity contribution in [1.82, 2.24) is 24.6 Å². The molecule has 0 saturated carbocycles. The van der Waals surface area contributed by atoms with Gasteiger partial charge in [0.15, 0.2) is 22.6 Å². The standard InChI is InChI=1S/C34H48FN6O7P/c1-5-8-10-13-17-25(18-14-11-9-6-2)46-32(43)24(4)40-49(44,48-26-19-15-12-16-20-26)45-22-34(7-3)27(42)21-28(47-34)41-23-37-29-30(36)38-33(35)39-31(29)41/h3,12,15-16,19-20,23-25,27-28,42H,5-6,8-11,13-14,17-18,21-22H2,1-2,4H3,(H,40,44)(H2,36,38,39)/t24-,27-,28+,34+,49-/m0/s1. The third-order valence-electron chi connectivity index (χ3n) is 8.45. The lowest BCUT2D eigenvalue weighted by molar-refractivity contribution is -0.151. The number of rotatable bonds is 20. The predicted octanol–water partition coefficient (Wildman–Crippen LogP) is 6.23. The van der Waals surface area contributed by atoms with Gasteiger partial charge in [0, 0.05) is 6.42 Å². The molecule has 0 amide bonds. The maximum atomic E-state index is 14.3. The SMILES string of the molecule is C#C[C@]1(CO[P@@](=O)(N[C@@H](C)C(=O)OC(CCCCCC)CCCCCC)Oc2ccccc2)O[C@@H](n2cnc3c(N)nc(F)nc32)C[C@@H]1O. The van der Waals surface area contributed by atoms with E-state index in [1.165, 1.54) is 17.8 Å². The molecule has 1 aliphatic rings. The molecule has 1 saturated heterocycles. The van der Waals surface area contributed by atoms with E-state index < -0.39 is 50.4 Å². The number of aromatic nitrogens is 4. The van der Waals surface area contributed by atoms with Crippen LogP contribution in [-0.2, 0) is 23.4 Å². The minimum atomic E-state index is -4.37. The van der Waals surface area contributed by atoms with Crippen LogP contribution in [0.1, 0.15) is 97.6 Å². The number of nitrogen functional groups attached to an aromatic ring is 1. The highest BCUT2D eigenvalue weighted by molar-refractivity contribution is 7.52. The van der Waals surface area contributed by atoms with Crippen LogP contribution in [0.2, 0.25) is 0 Å². The molecular formula is C34H48FN6O7P. The second kappa shape index (κ2) is 17.9. The fourth-order valence-corrected chi connectivity index (χ4v) is 7.17. The van der Waals surface area contributed by atoms with Gasteiger partial charge in [-0.1, -0.05) is 76.5 Å². The zero-order valence-electron chi connectivity index (χ0n) is 28.4. The number of hydrogen-bond acceptors (Lipinski definition) is 11. The molecule has 1 aliphatic heterocycles. The van der Waals surface area contributed by atoms with E-state index in [0.29, 0.717) is 0 Å². The lowest BCUT2D eigenvalue weighted by Gasteiger charge is -2.30. The lowest BCUT2D eigenvalue weighted by Crippen LogP contribution is -2.44. The van der Waals surface area contributed by atoms with Crippen LogP contribution in [0.5, 0.6) is 5.75 Å². The van der Waals surface area contributed by atoms with Crippen molar-refractivity contribution in [3.05, 3.63) is 42.7 Å². The Balaban J connectivity index is 1.49. The first-order valence-corrected chi connectivity index (χ1v) is 18.5. The number of unbranched alkanes of at least 4 members (excludes halogenated alkanes) is 6. The van der Waals surface area contributed by atoms with Crippen LogP contribution in [0.25, 0.3) is 11.2 Å². The van der Waals surface area contributed by atoms with Gasteiger partial charge in [0.25, 0.3) is 0 Å². The zero-order valence-corrected chi connectivity index (χ0v) is 29.3. The Kier molecular flexibility index (Phi) is 13.9. The summed E-state index contributed by atoms with van der Waals surface area (Å²) in [6.07, 6.45) is 13.5. The van der Waals surface area contributed by atoms with Gasteiger partial charge < -0.3 is 24.8 Å². The van der Waals surface area contributed by atoms with E-state index in [0.717, 1.165) is 64.2 Å². The molecular weight excluding hydrogens is 654 g/mol. The Morgan fingerprint density at radius 3 is 2.49 bits per heavy atom. The Labute approximate surface area is 287 Å². The number of aliphatic hydroxyl groups excluding tert-OH is 1. The van der Waals surface area contributed by atoms with Gasteiger partial charge in [-0.2, -0.15) is 19.4 Å². The van der Waals surface area contributed by atoms with Crippen molar-refractivity contribution in [2.24, 2.45) is 0 Å². The number of fused-ring (bicyclic) bond motifs is 1. The fraction of sp³-hybridized carbons (Fsp3) is 0.588. The van der Waals surface area contributed by atoms with Crippen LogP contribution in [-0.4, -0.2) is 61.1 Å². The van der Waals surface area contributed by atoms with Gasteiger partial charge in [0.05, 0.1) is 6.33 Å². The van der Waals surface area contributed by atoms with Crippen LogP contribution >= 0.6 is 7.75 Å². The van der Waals surface area contributed by atoms with Crippen molar-refractivity contribution >= 4 is 30.7 Å². The molecule has 2 aromatic heterocycles. The van der Waals surface area contributed by atoms with Gasteiger partial charge >= 0.3 is 19.8 Å². The highest BCUT2D eigenvalue weighted by atomic mass is 31.2. The largest absolute Gasteiger partial charge is 0.461 e. The quantitative estimate of drug-likeness (QED) is 0.0399. The Bertz CT molecular complexity index is 1590. The monoisotopic (exact) mass is 702 g/mol. The highest BCUT2D eigenvalue weighted by Gasteiger charge is 2.50. The summed E-state index contributed by atoms with van der Waals surface area (Å²) in [5, 5.41) is 13.8. The number of carbonyl (C=O) groups is 1. The number of imidazole rings is 1. The van der Waals surface area contributed by atoms with Crippen molar-refractivity contribution < 1.29 is 37.4 Å². The van der Waals surface area contributed by atoms with Crippen LogP contribution in [0.15, 0.2) is 36.7 Å². The molecule has 4 N–H and O–H groups in total. The molecule has 0 radical (unpaired) electrons. The Morgan fingerprint density at radius 2 is 1.86 bits per heavy atom. The number of anilines is 1. The number of hydrogen-bond donors (Lipinski definition) is 3. The van der Waals surface area contributed by atoms with Crippen molar-refractivity contribution in [3.63, 3.8) is 0 Å². The summed E-state index contributed by atoms with van der Waals surface area (Å²) in [6, 6.07) is 7.19. The van der Waals surface area contributed by atoms with Gasteiger partial charge in [-0.25, -0.2) is 9.55 Å². The van der Waals surface area contributed by atoms with E-state index >= 15 is 0 Å². The number of halogens is 1. The number of carbonyl (C=O) groups excluding carboxylic acids is 1. The molecule has 1 fully saturated rings. The van der Waals surface area contributed by atoms with Crippen LogP contribution in [0.3, 0.4) is 0 Å². The van der Waals surface area contributed by atoms with Crippen LogP contribution in [0.4, 0.5) is 10.2 Å². The number of para-hydroxylation sites is 1. The highest BCUT2D eigenvalue weighted by Crippen LogP contribution is 2.48. The molecule has 5 atom stereocenters. The van der Waals surface area contributed by atoms with Crippen molar-refractivity contribution in [1.29, 1.82) is 0 Å². The normalized spacial score (nSPS) is 21.0. The smallest absolute Gasteiger partial charge is 0.459 e. The number of esters is 1. The number of nitrogens with two attached hydrogens (primary N) is 1. The van der Waals surface area contributed by atoms with Crippen molar-refractivity contribution in [3.8, 4) is 18.1 Å². The maximum absolute atomic E-state index is 14.3. The van der Waals surface area contributed by atoms with Gasteiger partial charge in [0.2, 0.25) is 0 Å². The maximum Gasteiger partial charge on any atom is 0.459 e. The van der Waals surface area contributed by atoms with E-state index in [4.69, 9.17) is 30.7 Å². The molecule has 0 aliphatic carbocycles.